The lowest BCUT2D eigenvalue weighted by Gasteiger charge is -2.04. The summed E-state index contributed by atoms with van der Waals surface area (Å²) >= 11 is 9.10. The minimum atomic E-state index is -0.819. The molecule has 0 aromatic heterocycles. The van der Waals surface area contributed by atoms with Gasteiger partial charge in [0.05, 0.1) is 5.02 Å². The highest BCUT2D eigenvalue weighted by atomic mass is 79.9. The van der Waals surface area contributed by atoms with E-state index in [1.54, 1.807) is 18.2 Å². The van der Waals surface area contributed by atoms with Gasteiger partial charge in [0.1, 0.15) is 0 Å². The molecular formula is C10H8BrClN2O3. The number of rotatable bonds is 3. The first-order valence-corrected chi connectivity index (χ1v) is 5.87. The van der Waals surface area contributed by atoms with Gasteiger partial charge in [-0.05, 0) is 34.1 Å². The quantitative estimate of drug-likeness (QED) is 0.823. The Morgan fingerprint density at radius 2 is 2.12 bits per heavy atom. The number of hydrogen-bond acceptors (Lipinski definition) is 3. The molecule has 1 saturated heterocycles. The first kappa shape index (κ1) is 12.3. The van der Waals surface area contributed by atoms with Crippen molar-refractivity contribution in [3.8, 4) is 0 Å². The molecule has 90 valence electrons. The molecule has 1 fully saturated rings. The van der Waals surface area contributed by atoms with Crippen LogP contribution in [0.4, 0.5) is 5.69 Å². The molecule has 1 aliphatic rings. The number of primary amides is 1. The standard InChI is InChI=1S/C10H8BrClN2O3/c11-5-2-1-4(3-6(5)12)14-10(16)8-7(17-8)9(13)15/h1-3,7-8H,(H2,13,15)(H,14,16)/t7-,8+/m1/s1. The molecule has 7 heteroatoms. The SMILES string of the molecule is NC(=O)[C@@H]1O[C@@H]1C(=O)Nc1ccc(Br)c(Cl)c1. The van der Waals surface area contributed by atoms with Crippen LogP contribution in [0.25, 0.3) is 0 Å². The van der Waals surface area contributed by atoms with Crippen LogP contribution in [0.3, 0.4) is 0 Å². The average Bonchev–Trinajstić information content (AvgIpc) is 3.03. The van der Waals surface area contributed by atoms with E-state index in [-0.39, 0.29) is 0 Å². The Bertz CT molecular complexity index is 494. The summed E-state index contributed by atoms with van der Waals surface area (Å²) in [4.78, 5) is 22.3. The van der Waals surface area contributed by atoms with Crippen LogP contribution in [0.15, 0.2) is 22.7 Å². The largest absolute Gasteiger partial charge is 0.367 e. The summed E-state index contributed by atoms with van der Waals surface area (Å²) in [5.41, 5.74) is 5.52. The molecule has 0 saturated carbocycles. The van der Waals surface area contributed by atoms with E-state index >= 15 is 0 Å². The van der Waals surface area contributed by atoms with Gasteiger partial charge < -0.3 is 15.8 Å². The Hall–Kier alpha value is -1.11. The van der Waals surface area contributed by atoms with Crippen LogP contribution < -0.4 is 11.1 Å². The van der Waals surface area contributed by atoms with Crippen molar-refractivity contribution in [2.45, 2.75) is 12.2 Å². The van der Waals surface area contributed by atoms with E-state index in [0.29, 0.717) is 10.7 Å². The van der Waals surface area contributed by atoms with Crippen LogP contribution in [-0.2, 0) is 14.3 Å². The van der Waals surface area contributed by atoms with Gasteiger partial charge in [-0.25, -0.2) is 0 Å². The van der Waals surface area contributed by atoms with Gasteiger partial charge in [0, 0.05) is 10.2 Å². The molecule has 3 N–H and O–H groups in total. The number of benzene rings is 1. The number of ether oxygens (including phenoxy) is 1. The van der Waals surface area contributed by atoms with Crippen molar-refractivity contribution in [2.24, 2.45) is 5.73 Å². The summed E-state index contributed by atoms with van der Waals surface area (Å²) in [6.45, 7) is 0. The number of nitrogens with two attached hydrogens (primary N) is 1. The predicted molar refractivity (Wildman–Crippen MR) is 65.6 cm³/mol. The van der Waals surface area contributed by atoms with Crippen LogP contribution in [-0.4, -0.2) is 24.0 Å². The maximum absolute atomic E-state index is 11.6. The number of nitrogens with one attached hydrogen (secondary N) is 1. The van der Waals surface area contributed by atoms with E-state index in [4.69, 9.17) is 22.1 Å². The van der Waals surface area contributed by atoms with Gasteiger partial charge in [0.2, 0.25) is 5.91 Å². The van der Waals surface area contributed by atoms with Crippen LogP contribution in [0.5, 0.6) is 0 Å². The Balaban J connectivity index is 2.00. The number of epoxide rings is 1. The number of hydrogen-bond donors (Lipinski definition) is 2. The zero-order valence-electron chi connectivity index (χ0n) is 8.44. The Morgan fingerprint density at radius 3 is 2.65 bits per heavy atom. The maximum Gasteiger partial charge on any atom is 0.256 e. The van der Waals surface area contributed by atoms with Crippen molar-refractivity contribution in [1.29, 1.82) is 0 Å². The van der Waals surface area contributed by atoms with Crippen LogP contribution in [0.1, 0.15) is 0 Å². The summed E-state index contributed by atoms with van der Waals surface area (Å²) in [6, 6.07) is 4.97. The first-order chi connectivity index (χ1) is 7.99. The third kappa shape index (κ3) is 2.77. The van der Waals surface area contributed by atoms with Gasteiger partial charge >= 0.3 is 0 Å². The highest BCUT2D eigenvalue weighted by molar-refractivity contribution is 9.10. The fraction of sp³-hybridized carbons (Fsp3) is 0.200. The lowest BCUT2D eigenvalue weighted by Crippen LogP contribution is -2.26. The monoisotopic (exact) mass is 318 g/mol. The molecule has 2 rings (SSSR count). The van der Waals surface area contributed by atoms with Crippen molar-refractivity contribution < 1.29 is 14.3 Å². The van der Waals surface area contributed by atoms with E-state index in [1.807, 2.05) is 0 Å². The second-order valence-corrected chi connectivity index (χ2v) is 4.76. The number of carbonyl (C=O) groups is 2. The lowest BCUT2D eigenvalue weighted by molar-refractivity contribution is -0.120. The fourth-order valence-corrected chi connectivity index (χ4v) is 1.74. The second kappa shape index (κ2) is 4.64. The average molecular weight is 320 g/mol. The fourth-order valence-electron chi connectivity index (χ4n) is 1.32. The van der Waals surface area contributed by atoms with Crippen molar-refractivity contribution in [2.75, 3.05) is 5.32 Å². The molecule has 2 amide bonds. The van der Waals surface area contributed by atoms with Gasteiger partial charge in [-0.2, -0.15) is 0 Å². The van der Waals surface area contributed by atoms with E-state index in [1.165, 1.54) is 0 Å². The second-order valence-electron chi connectivity index (χ2n) is 3.50. The van der Waals surface area contributed by atoms with E-state index in [2.05, 4.69) is 21.2 Å². The zero-order valence-corrected chi connectivity index (χ0v) is 10.8. The summed E-state index contributed by atoms with van der Waals surface area (Å²) in [6.07, 6.45) is -1.61. The molecule has 1 aromatic carbocycles. The van der Waals surface area contributed by atoms with E-state index < -0.39 is 24.0 Å². The number of halogens is 2. The molecule has 1 aromatic rings. The third-order valence-electron chi connectivity index (χ3n) is 2.22. The lowest BCUT2D eigenvalue weighted by atomic mass is 10.2. The smallest absolute Gasteiger partial charge is 0.256 e. The maximum atomic E-state index is 11.6. The van der Waals surface area contributed by atoms with Crippen LogP contribution in [0.2, 0.25) is 5.02 Å². The summed E-state index contributed by atoms with van der Waals surface area (Å²) in [5, 5.41) is 3.06. The van der Waals surface area contributed by atoms with Gasteiger partial charge in [0.25, 0.3) is 5.91 Å². The molecule has 1 aliphatic heterocycles. The Kier molecular flexibility index (Phi) is 3.37. The van der Waals surface area contributed by atoms with E-state index in [0.717, 1.165) is 4.47 Å². The molecule has 0 bridgehead atoms. The summed E-state index contributed by atoms with van der Waals surface area (Å²) in [5.74, 6) is -1.05. The topological polar surface area (TPSA) is 84.7 Å². The minimum Gasteiger partial charge on any atom is -0.367 e. The van der Waals surface area contributed by atoms with Crippen LogP contribution >= 0.6 is 27.5 Å². The van der Waals surface area contributed by atoms with Crippen molar-refractivity contribution in [3.63, 3.8) is 0 Å². The predicted octanol–water partition coefficient (Wildman–Crippen LogP) is 1.29. The molecule has 0 radical (unpaired) electrons. The van der Waals surface area contributed by atoms with Gasteiger partial charge in [-0.3, -0.25) is 9.59 Å². The molecule has 1 heterocycles. The van der Waals surface area contributed by atoms with Crippen molar-refractivity contribution >= 4 is 45.0 Å². The van der Waals surface area contributed by atoms with Gasteiger partial charge in [-0.15, -0.1) is 0 Å². The molecule has 2 atom stereocenters. The Labute approximate surface area is 110 Å². The van der Waals surface area contributed by atoms with Crippen molar-refractivity contribution in [1.82, 2.24) is 0 Å². The molecule has 5 nitrogen and oxygen atoms in total. The van der Waals surface area contributed by atoms with Gasteiger partial charge in [-0.1, -0.05) is 11.6 Å². The summed E-state index contributed by atoms with van der Waals surface area (Å²) in [7, 11) is 0. The highest BCUT2D eigenvalue weighted by Crippen LogP contribution is 2.27. The van der Waals surface area contributed by atoms with E-state index in [9.17, 15) is 9.59 Å². The third-order valence-corrected chi connectivity index (χ3v) is 3.45. The number of carbonyl (C=O) groups excluding carboxylic acids is 2. The molecule has 0 aliphatic carbocycles. The zero-order chi connectivity index (χ0) is 12.6. The Morgan fingerprint density at radius 1 is 1.41 bits per heavy atom. The van der Waals surface area contributed by atoms with Crippen LogP contribution in [0, 0.1) is 0 Å². The minimum absolute atomic E-state index is 0.410. The van der Waals surface area contributed by atoms with Gasteiger partial charge in [0.15, 0.2) is 12.2 Å². The summed E-state index contributed by atoms with van der Waals surface area (Å²) < 4.78 is 5.57. The van der Waals surface area contributed by atoms with Crippen molar-refractivity contribution in [3.05, 3.63) is 27.7 Å². The highest BCUT2D eigenvalue weighted by Gasteiger charge is 2.49. The number of anilines is 1. The molecule has 0 spiro atoms. The molecule has 17 heavy (non-hydrogen) atoms. The molecular weight excluding hydrogens is 311 g/mol. The first-order valence-electron chi connectivity index (χ1n) is 4.70. The molecule has 0 unspecified atom stereocenters. The number of amides is 2. The normalized spacial score (nSPS) is 22.0.